The van der Waals surface area contributed by atoms with Crippen LogP contribution in [0.4, 0.5) is 20.2 Å². The van der Waals surface area contributed by atoms with Crippen LogP contribution < -0.4 is 19.7 Å². The topological polar surface area (TPSA) is 84.9 Å². The molecule has 168 valence electrons. The summed E-state index contributed by atoms with van der Waals surface area (Å²) in [5, 5.41) is 2.59. The first kappa shape index (κ1) is 21.9. The second-order valence-electron chi connectivity index (χ2n) is 7.15. The first-order chi connectivity index (χ1) is 15.9. The van der Waals surface area contributed by atoms with Crippen LogP contribution in [0.1, 0.15) is 10.4 Å². The van der Waals surface area contributed by atoms with Gasteiger partial charge in [-0.15, -0.1) is 0 Å². The number of anilines is 2. The highest BCUT2D eigenvalue weighted by Crippen LogP contribution is 2.33. The second-order valence-corrected chi connectivity index (χ2v) is 7.15. The van der Waals surface area contributed by atoms with Crippen molar-refractivity contribution < 1.29 is 32.6 Å². The lowest BCUT2D eigenvalue weighted by Crippen LogP contribution is -2.43. The number of ketones is 1. The van der Waals surface area contributed by atoms with Crippen LogP contribution in [0.5, 0.6) is 11.5 Å². The molecule has 7 nitrogen and oxygen atoms in total. The number of ether oxygens (including phenoxy) is 2. The van der Waals surface area contributed by atoms with Gasteiger partial charge in [0.1, 0.15) is 18.1 Å². The van der Waals surface area contributed by atoms with Crippen LogP contribution in [0.2, 0.25) is 0 Å². The molecule has 0 saturated heterocycles. The minimum atomic E-state index is -0.590. The third-order valence-corrected chi connectivity index (χ3v) is 4.85. The average molecular weight is 452 g/mol. The summed E-state index contributed by atoms with van der Waals surface area (Å²) in [5.41, 5.74) is 0.820. The molecule has 1 N–H and O–H groups in total. The maximum atomic E-state index is 13.7. The van der Waals surface area contributed by atoms with Gasteiger partial charge in [0, 0.05) is 11.3 Å². The summed E-state index contributed by atoms with van der Waals surface area (Å²) in [6, 6.07) is 15.3. The quantitative estimate of drug-likeness (QED) is 0.554. The van der Waals surface area contributed by atoms with E-state index in [1.54, 1.807) is 6.07 Å². The molecule has 1 aliphatic rings. The van der Waals surface area contributed by atoms with Gasteiger partial charge in [-0.25, -0.2) is 8.78 Å². The Morgan fingerprint density at radius 3 is 2.55 bits per heavy atom. The maximum Gasteiger partial charge on any atom is 0.265 e. The molecule has 2 amide bonds. The largest absolute Gasteiger partial charge is 0.482 e. The number of nitrogens with one attached hydrogen (secondary N) is 1. The number of nitrogens with zero attached hydrogens (tertiary/aromatic N) is 1. The number of hydrogen-bond donors (Lipinski definition) is 1. The van der Waals surface area contributed by atoms with Crippen LogP contribution in [0.25, 0.3) is 0 Å². The summed E-state index contributed by atoms with van der Waals surface area (Å²) in [7, 11) is 0. The Hall–Kier alpha value is -4.27. The predicted molar refractivity (Wildman–Crippen MR) is 116 cm³/mol. The Morgan fingerprint density at radius 2 is 1.79 bits per heavy atom. The maximum absolute atomic E-state index is 13.7. The van der Waals surface area contributed by atoms with E-state index in [0.29, 0.717) is 11.4 Å². The van der Waals surface area contributed by atoms with E-state index in [9.17, 15) is 23.2 Å². The molecule has 1 heterocycles. The molecule has 1 aliphatic heterocycles. The van der Waals surface area contributed by atoms with Gasteiger partial charge < -0.3 is 14.8 Å². The van der Waals surface area contributed by atoms with Gasteiger partial charge in [0.05, 0.1) is 5.69 Å². The molecule has 0 saturated carbocycles. The van der Waals surface area contributed by atoms with Crippen molar-refractivity contribution in [1.82, 2.24) is 0 Å². The van der Waals surface area contributed by atoms with E-state index in [2.05, 4.69) is 5.32 Å². The highest BCUT2D eigenvalue weighted by Gasteiger charge is 2.28. The summed E-state index contributed by atoms with van der Waals surface area (Å²) in [4.78, 5) is 38.7. The minimum absolute atomic E-state index is 0.0542. The molecule has 3 aromatic rings. The smallest absolute Gasteiger partial charge is 0.265 e. The van der Waals surface area contributed by atoms with Crippen LogP contribution in [0.3, 0.4) is 0 Å². The normalized spacial score (nSPS) is 12.5. The molecule has 0 fully saturated rings. The van der Waals surface area contributed by atoms with Crippen molar-refractivity contribution in [3.05, 3.63) is 83.9 Å². The number of benzene rings is 3. The number of carbonyl (C=O) groups excluding carboxylic acids is 3. The lowest BCUT2D eigenvalue weighted by atomic mass is 10.1. The van der Waals surface area contributed by atoms with E-state index in [4.69, 9.17) is 9.47 Å². The zero-order valence-corrected chi connectivity index (χ0v) is 17.2. The lowest BCUT2D eigenvalue weighted by Gasteiger charge is -2.29. The number of rotatable bonds is 7. The molecular weight excluding hydrogens is 434 g/mol. The van der Waals surface area contributed by atoms with E-state index < -0.39 is 35.8 Å². The van der Waals surface area contributed by atoms with Crippen molar-refractivity contribution in [1.29, 1.82) is 0 Å². The molecular formula is C24H18F2N2O5. The fourth-order valence-corrected chi connectivity index (χ4v) is 3.21. The molecule has 4 rings (SSSR count). The van der Waals surface area contributed by atoms with Gasteiger partial charge in [0.2, 0.25) is 5.91 Å². The molecule has 0 atom stereocenters. The first-order valence-electron chi connectivity index (χ1n) is 9.94. The summed E-state index contributed by atoms with van der Waals surface area (Å²) in [6.45, 7) is -1.02. The standard InChI is InChI=1S/C24H18F2N2O5/c25-16-6-8-17(9-7-16)27-23(30)12-28-19-11-15(5-10-22(19)33-14-24(28)31)20(29)13-32-21-4-2-1-3-18(21)26/h1-11H,12-14H2,(H,27,30). The van der Waals surface area contributed by atoms with Crippen LogP contribution >= 0.6 is 0 Å². The highest BCUT2D eigenvalue weighted by atomic mass is 19.1. The van der Waals surface area contributed by atoms with E-state index in [1.165, 1.54) is 65.6 Å². The van der Waals surface area contributed by atoms with E-state index in [0.717, 1.165) is 0 Å². The minimum Gasteiger partial charge on any atom is -0.482 e. The first-order valence-corrected chi connectivity index (χ1v) is 9.94. The third-order valence-electron chi connectivity index (χ3n) is 4.85. The Morgan fingerprint density at radius 1 is 1.03 bits per heavy atom. The number of hydrogen-bond acceptors (Lipinski definition) is 5. The Labute approximate surface area is 187 Å². The van der Waals surface area contributed by atoms with Gasteiger partial charge in [0.25, 0.3) is 5.91 Å². The Balaban J connectivity index is 1.48. The zero-order chi connectivity index (χ0) is 23.4. The third kappa shape index (κ3) is 5.15. The van der Waals surface area contributed by atoms with Gasteiger partial charge in [-0.2, -0.15) is 0 Å². The summed E-state index contributed by atoms with van der Waals surface area (Å²) < 4.78 is 37.4. The number of para-hydroxylation sites is 1. The molecule has 0 radical (unpaired) electrons. The number of halogens is 2. The summed E-state index contributed by atoms with van der Waals surface area (Å²) in [6.07, 6.45) is 0. The molecule has 0 bridgehead atoms. The average Bonchev–Trinajstić information content (AvgIpc) is 2.81. The van der Waals surface area contributed by atoms with E-state index in [-0.39, 0.29) is 30.2 Å². The number of carbonyl (C=O) groups is 3. The van der Waals surface area contributed by atoms with Gasteiger partial charge in [-0.05, 0) is 54.6 Å². The molecule has 0 aliphatic carbocycles. The summed E-state index contributed by atoms with van der Waals surface area (Å²) in [5.74, 6) is -2.19. The highest BCUT2D eigenvalue weighted by molar-refractivity contribution is 6.06. The van der Waals surface area contributed by atoms with Crippen molar-refractivity contribution in [2.24, 2.45) is 0 Å². The number of Topliss-reactive ketones (excluding diaryl/α,β-unsaturated/α-hetero) is 1. The zero-order valence-electron chi connectivity index (χ0n) is 17.2. The number of fused-ring (bicyclic) bond motifs is 1. The van der Waals surface area contributed by atoms with Gasteiger partial charge >= 0.3 is 0 Å². The van der Waals surface area contributed by atoms with Gasteiger partial charge in [0.15, 0.2) is 30.6 Å². The van der Waals surface area contributed by atoms with Crippen LogP contribution in [-0.2, 0) is 9.59 Å². The fourth-order valence-electron chi connectivity index (χ4n) is 3.21. The number of amides is 2. The molecule has 0 spiro atoms. The van der Waals surface area contributed by atoms with Crippen molar-refractivity contribution in [3.63, 3.8) is 0 Å². The second kappa shape index (κ2) is 9.47. The molecule has 9 heteroatoms. The predicted octanol–water partition coefficient (Wildman–Crippen LogP) is 3.59. The molecule has 0 aromatic heterocycles. The Kier molecular flexibility index (Phi) is 6.30. The Bertz CT molecular complexity index is 1210. The van der Waals surface area contributed by atoms with Crippen molar-refractivity contribution in [2.75, 3.05) is 30.0 Å². The van der Waals surface area contributed by atoms with Gasteiger partial charge in [-0.3, -0.25) is 19.3 Å². The lowest BCUT2D eigenvalue weighted by molar-refractivity contribution is -0.123. The van der Waals surface area contributed by atoms with Crippen LogP contribution in [0, 0.1) is 11.6 Å². The van der Waals surface area contributed by atoms with Crippen molar-refractivity contribution in [3.8, 4) is 11.5 Å². The summed E-state index contributed by atoms with van der Waals surface area (Å²) >= 11 is 0. The van der Waals surface area contributed by atoms with Crippen LogP contribution in [0.15, 0.2) is 66.7 Å². The molecule has 33 heavy (non-hydrogen) atoms. The molecule has 0 unspecified atom stereocenters. The van der Waals surface area contributed by atoms with Gasteiger partial charge in [-0.1, -0.05) is 12.1 Å². The monoisotopic (exact) mass is 452 g/mol. The van der Waals surface area contributed by atoms with E-state index in [1.807, 2.05) is 0 Å². The fraction of sp³-hybridized carbons (Fsp3) is 0.125. The van der Waals surface area contributed by atoms with Crippen molar-refractivity contribution in [2.45, 2.75) is 0 Å². The molecule has 3 aromatic carbocycles. The van der Waals surface area contributed by atoms with Crippen LogP contribution in [-0.4, -0.2) is 37.4 Å². The van der Waals surface area contributed by atoms with Crippen molar-refractivity contribution >= 4 is 29.0 Å². The SMILES string of the molecule is O=C(CN1C(=O)COc2ccc(C(=O)COc3ccccc3F)cc21)Nc1ccc(F)cc1. The van der Waals surface area contributed by atoms with E-state index >= 15 is 0 Å².